The standard InChI is InChI=1S/C29H34N2O2/c1-2-27(29(33)30-25-16-7-8-17-25)31(21-22-11-4-3-5-12-22)28(32)20-19-24-15-10-14-23-13-6-9-18-26(23)24/h3-6,9-15,18,25,27H,2,7-8,16-17,19-21H2,1H3,(H,30,33)/t27-/m1/s1. The molecule has 3 aromatic rings. The average Bonchev–Trinajstić information content (AvgIpc) is 3.36. The molecule has 3 aromatic carbocycles. The van der Waals surface area contributed by atoms with Crippen molar-refractivity contribution >= 4 is 22.6 Å². The minimum absolute atomic E-state index is 0.0150. The summed E-state index contributed by atoms with van der Waals surface area (Å²) in [6.07, 6.45) is 6.05. The molecule has 0 aliphatic heterocycles. The minimum atomic E-state index is -0.453. The van der Waals surface area contributed by atoms with Crippen LogP contribution in [0.2, 0.25) is 0 Å². The Bertz CT molecular complexity index is 1070. The maximum atomic E-state index is 13.5. The summed E-state index contributed by atoms with van der Waals surface area (Å²) >= 11 is 0. The molecule has 4 nitrogen and oxygen atoms in total. The summed E-state index contributed by atoms with van der Waals surface area (Å²) in [6.45, 7) is 2.45. The molecular weight excluding hydrogens is 408 g/mol. The number of nitrogens with one attached hydrogen (secondary N) is 1. The van der Waals surface area contributed by atoms with Crippen molar-refractivity contribution in [1.82, 2.24) is 10.2 Å². The van der Waals surface area contributed by atoms with E-state index in [-0.39, 0.29) is 17.9 Å². The van der Waals surface area contributed by atoms with Crippen LogP contribution in [0.3, 0.4) is 0 Å². The number of amides is 2. The number of benzene rings is 3. The monoisotopic (exact) mass is 442 g/mol. The second-order valence-corrected chi connectivity index (χ2v) is 9.06. The fourth-order valence-electron chi connectivity index (χ4n) is 4.96. The van der Waals surface area contributed by atoms with Crippen molar-refractivity contribution in [2.45, 2.75) is 70.5 Å². The largest absolute Gasteiger partial charge is 0.352 e. The molecule has 1 fully saturated rings. The summed E-state index contributed by atoms with van der Waals surface area (Å²) in [5.74, 6) is 0.0130. The SMILES string of the molecule is CC[C@H](C(=O)NC1CCCC1)N(Cc1ccccc1)C(=O)CCc1cccc2ccccc12. The Kier molecular flexibility index (Phi) is 7.77. The Labute approximate surface area is 197 Å². The number of rotatable bonds is 9. The van der Waals surface area contributed by atoms with E-state index in [0.29, 0.717) is 25.8 Å². The molecule has 172 valence electrons. The van der Waals surface area contributed by atoms with Crippen LogP contribution in [0.4, 0.5) is 0 Å². The van der Waals surface area contributed by atoms with Gasteiger partial charge in [0.1, 0.15) is 6.04 Å². The lowest BCUT2D eigenvalue weighted by Gasteiger charge is -2.31. The second-order valence-electron chi connectivity index (χ2n) is 9.06. The third kappa shape index (κ3) is 5.81. The number of aryl methyl sites for hydroxylation is 1. The normalized spacial score (nSPS) is 14.8. The van der Waals surface area contributed by atoms with Crippen LogP contribution in [-0.2, 0) is 22.6 Å². The molecule has 0 spiro atoms. The van der Waals surface area contributed by atoms with Gasteiger partial charge < -0.3 is 10.2 Å². The average molecular weight is 443 g/mol. The Morgan fingerprint density at radius 2 is 1.64 bits per heavy atom. The summed E-state index contributed by atoms with van der Waals surface area (Å²) in [5, 5.41) is 5.59. The first kappa shape index (κ1) is 23.0. The van der Waals surface area contributed by atoms with Gasteiger partial charge in [-0.05, 0) is 47.6 Å². The summed E-state index contributed by atoms with van der Waals surface area (Å²) < 4.78 is 0. The van der Waals surface area contributed by atoms with Gasteiger partial charge in [0.15, 0.2) is 0 Å². The van der Waals surface area contributed by atoms with Crippen LogP contribution in [-0.4, -0.2) is 28.8 Å². The quantitative estimate of drug-likeness (QED) is 0.466. The molecule has 4 heteroatoms. The third-order valence-corrected chi connectivity index (χ3v) is 6.77. The van der Waals surface area contributed by atoms with Gasteiger partial charge in [-0.3, -0.25) is 9.59 Å². The highest BCUT2D eigenvalue weighted by Crippen LogP contribution is 2.22. The molecule has 0 radical (unpaired) electrons. The summed E-state index contributed by atoms with van der Waals surface area (Å²) in [4.78, 5) is 28.6. The zero-order valence-electron chi connectivity index (χ0n) is 19.5. The van der Waals surface area contributed by atoms with Crippen LogP contribution in [0.15, 0.2) is 72.8 Å². The van der Waals surface area contributed by atoms with Crippen LogP contribution in [0.5, 0.6) is 0 Å². The van der Waals surface area contributed by atoms with Gasteiger partial charge >= 0.3 is 0 Å². The predicted octanol–water partition coefficient (Wildman–Crippen LogP) is 5.64. The molecule has 1 saturated carbocycles. The molecule has 4 rings (SSSR count). The van der Waals surface area contributed by atoms with Crippen molar-refractivity contribution in [3.05, 3.63) is 83.9 Å². The van der Waals surface area contributed by atoms with Crippen LogP contribution in [0, 0.1) is 0 Å². The predicted molar refractivity (Wildman–Crippen MR) is 134 cm³/mol. The van der Waals surface area contributed by atoms with E-state index in [0.717, 1.165) is 18.4 Å². The fourth-order valence-corrected chi connectivity index (χ4v) is 4.96. The van der Waals surface area contributed by atoms with Crippen molar-refractivity contribution in [2.75, 3.05) is 0 Å². The number of fused-ring (bicyclic) bond motifs is 1. The van der Waals surface area contributed by atoms with Gasteiger partial charge in [-0.2, -0.15) is 0 Å². The van der Waals surface area contributed by atoms with Crippen LogP contribution in [0.25, 0.3) is 10.8 Å². The molecule has 0 heterocycles. The van der Waals surface area contributed by atoms with Gasteiger partial charge in [0, 0.05) is 19.0 Å². The highest BCUT2D eigenvalue weighted by molar-refractivity contribution is 5.89. The zero-order valence-corrected chi connectivity index (χ0v) is 19.5. The van der Waals surface area contributed by atoms with Crippen LogP contribution < -0.4 is 5.32 Å². The molecule has 0 saturated heterocycles. The molecule has 2 amide bonds. The summed E-state index contributed by atoms with van der Waals surface area (Å²) in [5.41, 5.74) is 2.22. The number of nitrogens with zero attached hydrogens (tertiary/aromatic N) is 1. The van der Waals surface area contributed by atoms with Gasteiger partial charge in [-0.1, -0.05) is 92.6 Å². The number of hydrogen-bond donors (Lipinski definition) is 1. The maximum Gasteiger partial charge on any atom is 0.243 e. The van der Waals surface area contributed by atoms with Gasteiger partial charge in [-0.15, -0.1) is 0 Å². The van der Waals surface area contributed by atoms with E-state index in [1.165, 1.54) is 29.2 Å². The highest BCUT2D eigenvalue weighted by atomic mass is 16.2. The van der Waals surface area contributed by atoms with Gasteiger partial charge in [-0.25, -0.2) is 0 Å². The Hall–Kier alpha value is -3.14. The molecule has 0 bridgehead atoms. The number of hydrogen-bond acceptors (Lipinski definition) is 2. The van der Waals surface area contributed by atoms with Crippen molar-refractivity contribution in [3.63, 3.8) is 0 Å². The number of carbonyl (C=O) groups excluding carboxylic acids is 2. The van der Waals surface area contributed by atoms with Crippen molar-refractivity contribution in [3.8, 4) is 0 Å². The Morgan fingerprint density at radius 3 is 2.39 bits per heavy atom. The molecular formula is C29H34N2O2. The van der Waals surface area contributed by atoms with Gasteiger partial charge in [0.2, 0.25) is 11.8 Å². The maximum absolute atomic E-state index is 13.5. The lowest BCUT2D eigenvalue weighted by Crippen LogP contribution is -2.51. The second kappa shape index (κ2) is 11.1. The van der Waals surface area contributed by atoms with E-state index in [9.17, 15) is 9.59 Å². The van der Waals surface area contributed by atoms with Gasteiger partial charge in [0.25, 0.3) is 0 Å². The molecule has 0 unspecified atom stereocenters. The zero-order chi connectivity index (χ0) is 23.0. The molecule has 33 heavy (non-hydrogen) atoms. The van der Waals surface area contributed by atoms with Gasteiger partial charge in [0.05, 0.1) is 0 Å². The van der Waals surface area contributed by atoms with Crippen molar-refractivity contribution in [1.29, 1.82) is 0 Å². The van der Waals surface area contributed by atoms with Crippen molar-refractivity contribution < 1.29 is 9.59 Å². The lowest BCUT2D eigenvalue weighted by atomic mass is 10.00. The molecule has 1 aliphatic carbocycles. The van der Waals surface area contributed by atoms with E-state index in [2.05, 4.69) is 29.6 Å². The third-order valence-electron chi connectivity index (χ3n) is 6.77. The Morgan fingerprint density at radius 1 is 0.939 bits per heavy atom. The smallest absolute Gasteiger partial charge is 0.243 e. The lowest BCUT2D eigenvalue weighted by molar-refractivity contribution is -0.141. The molecule has 1 atom stereocenters. The molecule has 1 aliphatic rings. The van der Waals surface area contributed by atoms with E-state index in [4.69, 9.17) is 0 Å². The first-order chi connectivity index (χ1) is 16.2. The van der Waals surface area contributed by atoms with E-state index >= 15 is 0 Å². The highest BCUT2D eigenvalue weighted by Gasteiger charge is 2.30. The van der Waals surface area contributed by atoms with Crippen LogP contribution in [0.1, 0.15) is 56.6 Å². The van der Waals surface area contributed by atoms with E-state index in [1.807, 2.05) is 55.5 Å². The van der Waals surface area contributed by atoms with E-state index < -0.39 is 6.04 Å². The number of carbonyl (C=O) groups is 2. The fraction of sp³-hybridized carbons (Fsp3) is 0.379. The van der Waals surface area contributed by atoms with Crippen LogP contribution >= 0.6 is 0 Å². The minimum Gasteiger partial charge on any atom is -0.352 e. The van der Waals surface area contributed by atoms with E-state index in [1.54, 1.807) is 4.90 Å². The molecule has 0 aromatic heterocycles. The topological polar surface area (TPSA) is 49.4 Å². The first-order valence-electron chi connectivity index (χ1n) is 12.3. The summed E-state index contributed by atoms with van der Waals surface area (Å²) in [7, 11) is 0. The molecule has 1 N–H and O–H groups in total. The van der Waals surface area contributed by atoms with Crippen molar-refractivity contribution in [2.24, 2.45) is 0 Å². The summed E-state index contributed by atoms with van der Waals surface area (Å²) in [6, 6.07) is 24.3. The Balaban J connectivity index is 1.52. The first-order valence-corrected chi connectivity index (χ1v) is 12.3.